The maximum Gasteiger partial charge on any atom is 0.164 e. The first-order chi connectivity index (χ1) is 5.83. The highest BCUT2D eigenvalue weighted by Gasteiger charge is 2.41. The molecule has 1 heterocycles. The van der Waals surface area contributed by atoms with E-state index in [4.69, 9.17) is 9.47 Å². The van der Waals surface area contributed by atoms with Crippen LogP contribution in [0.4, 0.5) is 0 Å². The van der Waals surface area contributed by atoms with Gasteiger partial charge in [0.1, 0.15) is 12.2 Å². The van der Waals surface area contributed by atoms with Gasteiger partial charge in [-0.15, -0.1) is 0 Å². The molecule has 13 heavy (non-hydrogen) atoms. The first-order valence-electron chi connectivity index (χ1n) is 4.50. The third-order valence-electron chi connectivity index (χ3n) is 2.07. The van der Waals surface area contributed by atoms with Crippen molar-refractivity contribution in [3.8, 4) is 0 Å². The van der Waals surface area contributed by atoms with Gasteiger partial charge in [0.2, 0.25) is 0 Å². The Kier molecular flexibility index (Phi) is 2.64. The molecule has 0 aromatic rings. The quantitative estimate of drug-likeness (QED) is 0.611. The highest BCUT2D eigenvalue weighted by Crippen LogP contribution is 2.34. The lowest BCUT2D eigenvalue weighted by Gasteiger charge is -2.16. The molecule has 2 unspecified atom stereocenters. The van der Waals surface area contributed by atoms with Crippen LogP contribution in [0.1, 0.15) is 27.7 Å². The largest absolute Gasteiger partial charge is 0.340 e. The molecule has 2 atom stereocenters. The second-order valence-electron chi connectivity index (χ2n) is 4.17. The zero-order valence-electron chi connectivity index (χ0n) is 8.89. The van der Waals surface area contributed by atoms with Crippen LogP contribution in [-0.4, -0.2) is 18.0 Å². The van der Waals surface area contributed by atoms with Crippen LogP contribution in [0.15, 0.2) is 24.3 Å². The molecule has 74 valence electrons. The average Bonchev–Trinajstić information content (AvgIpc) is 2.26. The normalized spacial score (nSPS) is 31.7. The fourth-order valence-electron chi connectivity index (χ4n) is 1.48. The Morgan fingerprint density at radius 1 is 1.00 bits per heavy atom. The molecule has 1 aliphatic rings. The molecule has 2 nitrogen and oxygen atoms in total. The maximum absolute atomic E-state index is 5.70. The summed E-state index contributed by atoms with van der Waals surface area (Å²) in [5.74, 6) is -0.521. The van der Waals surface area contributed by atoms with E-state index in [1.165, 1.54) is 0 Å². The number of hydrogen-bond acceptors (Lipinski definition) is 2. The van der Waals surface area contributed by atoms with Gasteiger partial charge in [0.25, 0.3) is 0 Å². The van der Waals surface area contributed by atoms with Crippen molar-refractivity contribution >= 4 is 0 Å². The van der Waals surface area contributed by atoms with Crippen LogP contribution in [0.25, 0.3) is 0 Å². The van der Waals surface area contributed by atoms with Crippen LogP contribution in [0.3, 0.4) is 0 Å². The topological polar surface area (TPSA) is 18.5 Å². The molecule has 1 aliphatic heterocycles. The Morgan fingerprint density at radius 3 is 1.54 bits per heavy atom. The Morgan fingerprint density at radius 2 is 1.31 bits per heavy atom. The van der Waals surface area contributed by atoms with E-state index in [1.54, 1.807) is 0 Å². The lowest BCUT2D eigenvalue weighted by Crippen LogP contribution is -2.23. The lowest BCUT2D eigenvalue weighted by atomic mass is 10.0. The summed E-state index contributed by atoms with van der Waals surface area (Å²) in [6.07, 6.45) is -0.0972. The van der Waals surface area contributed by atoms with Gasteiger partial charge in [-0.3, -0.25) is 0 Å². The summed E-state index contributed by atoms with van der Waals surface area (Å²) in [4.78, 5) is 0. The SMILES string of the molecule is C=C(C)C1OC(C)(C)OC1C(=C)C. The number of ether oxygens (including phenoxy) is 2. The van der Waals surface area contributed by atoms with Crippen LogP contribution < -0.4 is 0 Å². The molecular formula is C11H18O2. The van der Waals surface area contributed by atoms with E-state index in [2.05, 4.69) is 13.2 Å². The highest BCUT2D eigenvalue weighted by molar-refractivity contribution is 5.15. The molecule has 0 N–H and O–H groups in total. The van der Waals surface area contributed by atoms with E-state index in [9.17, 15) is 0 Å². The van der Waals surface area contributed by atoms with Gasteiger partial charge < -0.3 is 9.47 Å². The molecule has 2 heteroatoms. The maximum atomic E-state index is 5.70. The monoisotopic (exact) mass is 182 g/mol. The Labute approximate surface area is 80.2 Å². The molecule has 1 saturated heterocycles. The van der Waals surface area contributed by atoms with Crippen molar-refractivity contribution < 1.29 is 9.47 Å². The summed E-state index contributed by atoms with van der Waals surface area (Å²) >= 11 is 0. The molecule has 0 radical (unpaired) electrons. The van der Waals surface area contributed by atoms with Gasteiger partial charge in [-0.25, -0.2) is 0 Å². The third-order valence-corrected chi connectivity index (χ3v) is 2.07. The second-order valence-corrected chi connectivity index (χ2v) is 4.17. The molecule has 0 aliphatic carbocycles. The summed E-state index contributed by atoms with van der Waals surface area (Å²) in [7, 11) is 0. The minimum absolute atomic E-state index is 0.0486. The molecule has 1 fully saturated rings. The predicted molar refractivity (Wildman–Crippen MR) is 53.5 cm³/mol. The summed E-state index contributed by atoms with van der Waals surface area (Å²) < 4.78 is 11.4. The van der Waals surface area contributed by atoms with Crippen molar-refractivity contribution in [2.75, 3.05) is 0 Å². The zero-order valence-corrected chi connectivity index (χ0v) is 8.89. The van der Waals surface area contributed by atoms with Gasteiger partial charge >= 0.3 is 0 Å². The van der Waals surface area contributed by atoms with Crippen molar-refractivity contribution in [1.29, 1.82) is 0 Å². The number of rotatable bonds is 2. The Hall–Kier alpha value is -0.600. The second kappa shape index (κ2) is 3.28. The number of hydrogen-bond donors (Lipinski definition) is 0. The predicted octanol–water partition coefficient (Wildman–Crippen LogP) is 2.66. The summed E-state index contributed by atoms with van der Waals surface area (Å²) in [5, 5.41) is 0. The molecule has 0 bridgehead atoms. The van der Waals surface area contributed by atoms with Crippen LogP contribution in [0, 0.1) is 0 Å². The molecule has 0 aromatic carbocycles. The third kappa shape index (κ3) is 2.20. The minimum atomic E-state index is -0.521. The Bertz CT molecular complexity index is 216. The van der Waals surface area contributed by atoms with E-state index in [0.29, 0.717) is 0 Å². The van der Waals surface area contributed by atoms with Gasteiger partial charge in [0.15, 0.2) is 5.79 Å². The summed E-state index contributed by atoms with van der Waals surface area (Å²) in [6, 6.07) is 0. The molecule has 0 spiro atoms. The molecule has 1 rings (SSSR count). The van der Waals surface area contributed by atoms with Crippen LogP contribution in [0.2, 0.25) is 0 Å². The smallest absolute Gasteiger partial charge is 0.164 e. The first-order valence-corrected chi connectivity index (χ1v) is 4.50. The fourth-order valence-corrected chi connectivity index (χ4v) is 1.48. The van der Waals surface area contributed by atoms with Gasteiger partial charge in [-0.05, 0) is 38.8 Å². The van der Waals surface area contributed by atoms with Crippen molar-refractivity contribution in [1.82, 2.24) is 0 Å². The lowest BCUT2D eigenvalue weighted by molar-refractivity contribution is -0.140. The van der Waals surface area contributed by atoms with Crippen LogP contribution in [0.5, 0.6) is 0 Å². The van der Waals surface area contributed by atoms with Gasteiger partial charge in [0.05, 0.1) is 0 Å². The molecule has 0 saturated carbocycles. The van der Waals surface area contributed by atoms with Crippen molar-refractivity contribution in [3.63, 3.8) is 0 Å². The van der Waals surface area contributed by atoms with Crippen molar-refractivity contribution in [2.45, 2.75) is 45.7 Å². The van der Waals surface area contributed by atoms with Gasteiger partial charge in [-0.2, -0.15) is 0 Å². The molecule has 0 amide bonds. The van der Waals surface area contributed by atoms with E-state index in [-0.39, 0.29) is 12.2 Å². The van der Waals surface area contributed by atoms with E-state index in [0.717, 1.165) is 11.1 Å². The van der Waals surface area contributed by atoms with Gasteiger partial charge in [-0.1, -0.05) is 13.2 Å². The first kappa shape index (κ1) is 10.5. The summed E-state index contributed by atoms with van der Waals surface area (Å²) in [5.41, 5.74) is 1.97. The van der Waals surface area contributed by atoms with Gasteiger partial charge in [0, 0.05) is 0 Å². The molecule has 0 aromatic heterocycles. The van der Waals surface area contributed by atoms with E-state index < -0.39 is 5.79 Å². The average molecular weight is 182 g/mol. The van der Waals surface area contributed by atoms with Crippen molar-refractivity contribution in [2.24, 2.45) is 0 Å². The standard InChI is InChI=1S/C11H18O2/c1-7(2)9-10(8(3)4)13-11(5,6)12-9/h9-10H,1,3H2,2,4-6H3. The van der Waals surface area contributed by atoms with Crippen molar-refractivity contribution in [3.05, 3.63) is 24.3 Å². The molecular weight excluding hydrogens is 164 g/mol. The van der Waals surface area contributed by atoms with E-state index >= 15 is 0 Å². The summed E-state index contributed by atoms with van der Waals surface area (Å²) in [6.45, 7) is 15.5. The van der Waals surface area contributed by atoms with Crippen LogP contribution >= 0.6 is 0 Å². The van der Waals surface area contributed by atoms with E-state index in [1.807, 2.05) is 27.7 Å². The van der Waals surface area contributed by atoms with Crippen LogP contribution in [-0.2, 0) is 9.47 Å². The highest BCUT2D eigenvalue weighted by atomic mass is 16.7. The minimum Gasteiger partial charge on any atom is -0.340 e. The fraction of sp³-hybridized carbons (Fsp3) is 0.636. The Balaban J connectivity index is 2.83. The zero-order chi connectivity index (χ0) is 10.2.